The number of benzene rings is 2. The lowest BCUT2D eigenvalue weighted by Crippen LogP contribution is -2.35. The van der Waals surface area contributed by atoms with Gasteiger partial charge in [-0.2, -0.15) is 0 Å². The Morgan fingerprint density at radius 3 is 2.28 bits per heavy atom. The third-order valence-electron chi connectivity index (χ3n) is 4.16. The highest BCUT2D eigenvalue weighted by molar-refractivity contribution is 6.16. The average Bonchev–Trinajstić information content (AvgIpc) is 3.41. The maximum absolute atomic E-state index is 13.7. The molecule has 0 bridgehead atoms. The zero-order valence-electron chi connectivity index (χ0n) is 13.8. The van der Waals surface area contributed by atoms with E-state index in [1.165, 1.54) is 18.2 Å². The fourth-order valence-corrected chi connectivity index (χ4v) is 2.54. The number of para-hydroxylation sites is 1. The summed E-state index contributed by atoms with van der Waals surface area (Å²) in [5.74, 6) is -0.691. The van der Waals surface area contributed by atoms with Crippen molar-refractivity contribution in [3.05, 3.63) is 54.3 Å². The second-order valence-corrected chi connectivity index (χ2v) is 5.93. The Morgan fingerprint density at radius 1 is 1.04 bits per heavy atom. The molecule has 0 saturated heterocycles. The van der Waals surface area contributed by atoms with Crippen molar-refractivity contribution in [1.29, 1.82) is 0 Å². The van der Waals surface area contributed by atoms with Crippen LogP contribution in [0.5, 0.6) is 5.75 Å². The number of amides is 2. The molecule has 5 nitrogen and oxygen atoms in total. The zero-order valence-corrected chi connectivity index (χ0v) is 13.8. The predicted octanol–water partition coefficient (Wildman–Crippen LogP) is 3.58. The molecule has 0 aliphatic heterocycles. The van der Waals surface area contributed by atoms with Crippen LogP contribution in [0, 0.1) is 11.2 Å². The number of ether oxygens (including phenoxy) is 1. The van der Waals surface area contributed by atoms with Gasteiger partial charge >= 0.3 is 0 Å². The van der Waals surface area contributed by atoms with Crippen molar-refractivity contribution < 1.29 is 18.7 Å². The molecule has 6 heteroatoms. The van der Waals surface area contributed by atoms with Crippen LogP contribution in [-0.2, 0) is 9.59 Å². The van der Waals surface area contributed by atoms with Crippen LogP contribution in [0.15, 0.2) is 48.5 Å². The number of hydrogen-bond acceptors (Lipinski definition) is 3. The monoisotopic (exact) mass is 342 g/mol. The van der Waals surface area contributed by atoms with E-state index in [-0.39, 0.29) is 11.6 Å². The van der Waals surface area contributed by atoms with Gasteiger partial charge in [-0.05, 0) is 56.2 Å². The molecule has 0 unspecified atom stereocenters. The van der Waals surface area contributed by atoms with Crippen LogP contribution < -0.4 is 15.4 Å². The van der Waals surface area contributed by atoms with Gasteiger partial charge in [0, 0.05) is 5.69 Å². The standard InChI is InChI=1S/C19H19FN2O3/c1-2-25-14-9-7-13(8-10-14)21-17(23)19(11-12-19)18(24)22-16-6-4-3-5-15(16)20/h3-10H,2,11-12H2,1H3,(H,21,23)(H,22,24). The van der Waals surface area contributed by atoms with Crippen molar-refractivity contribution >= 4 is 23.2 Å². The van der Waals surface area contributed by atoms with E-state index in [0.717, 1.165) is 0 Å². The molecule has 2 aromatic carbocycles. The van der Waals surface area contributed by atoms with Crippen molar-refractivity contribution in [2.75, 3.05) is 17.2 Å². The van der Waals surface area contributed by atoms with Crippen molar-refractivity contribution in [1.82, 2.24) is 0 Å². The van der Waals surface area contributed by atoms with E-state index >= 15 is 0 Å². The second kappa shape index (κ2) is 6.93. The highest BCUT2D eigenvalue weighted by atomic mass is 19.1. The number of carbonyl (C=O) groups excluding carboxylic acids is 2. The summed E-state index contributed by atoms with van der Waals surface area (Å²) < 4.78 is 19.0. The van der Waals surface area contributed by atoms with Crippen molar-refractivity contribution in [2.24, 2.45) is 5.41 Å². The topological polar surface area (TPSA) is 67.4 Å². The average molecular weight is 342 g/mol. The molecule has 1 aliphatic carbocycles. The van der Waals surface area contributed by atoms with Crippen LogP contribution in [-0.4, -0.2) is 18.4 Å². The smallest absolute Gasteiger partial charge is 0.240 e. The van der Waals surface area contributed by atoms with Crippen LogP contribution in [0.3, 0.4) is 0 Å². The number of hydrogen-bond donors (Lipinski definition) is 2. The van der Waals surface area contributed by atoms with Gasteiger partial charge in [-0.1, -0.05) is 12.1 Å². The minimum absolute atomic E-state index is 0.0765. The summed E-state index contributed by atoms with van der Waals surface area (Å²) in [5.41, 5.74) is -0.480. The summed E-state index contributed by atoms with van der Waals surface area (Å²) in [7, 11) is 0. The molecule has 0 aromatic heterocycles. The summed E-state index contributed by atoms with van der Waals surface area (Å²) in [6.07, 6.45) is 0.881. The molecule has 130 valence electrons. The number of anilines is 2. The minimum atomic E-state index is -1.14. The number of carbonyl (C=O) groups is 2. The highest BCUT2D eigenvalue weighted by Gasteiger charge is 2.56. The molecule has 1 aliphatic rings. The van der Waals surface area contributed by atoms with Crippen LogP contribution in [0.25, 0.3) is 0 Å². The van der Waals surface area contributed by atoms with E-state index in [2.05, 4.69) is 10.6 Å². The normalized spacial score (nSPS) is 14.5. The van der Waals surface area contributed by atoms with E-state index in [9.17, 15) is 14.0 Å². The van der Waals surface area contributed by atoms with Gasteiger partial charge < -0.3 is 15.4 Å². The molecule has 2 aromatic rings. The quantitative estimate of drug-likeness (QED) is 0.789. The zero-order chi connectivity index (χ0) is 17.9. The highest BCUT2D eigenvalue weighted by Crippen LogP contribution is 2.47. The maximum atomic E-state index is 13.7. The summed E-state index contributed by atoms with van der Waals surface area (Å²) in [6, 6.07) is 12.8. The van der Waals surface area contributed by atoms with Gasteiger partial charge in [0.2, 0.25) is 11.8 Å². The summed E-state index contributed by atoms with van der Waals surface area (Å²) in [4.78, 5) is 25.0. The van der Waals surface area contributed by atoms with Crippen molar-refractivity contribution in [2.45, 2.75) is 19.8 Å². The Hall–Kier alpha value is -2.89. The lowest BCUT2D eigenvalue weighted by atomic mass is 10.0. The third-order valence-corrected chi connectivity index (χ3v) is 4.16. The van der Waals surface area contributed by atoms with E-state index in [1.54, 1.807) is 30.3 Å². The van der Waals surface area contributed by atoms with Crippen molar-refractivity contribution in [3.8, 4) is 5.75 Å². The van der Waals surface area contributed by atoms with Crippen LogP contribution in [0.2, 0.25) is 0 Å². The summed E-state index contributed by atoms with van der Waals surface area (Å²) in [6.45, 7) is 2.45. The first kappa shape index (κ1) is 17.0. The first-order valence-electron chi connectivity index (χ1n) is 8.15. The molecular weight excluding hydrogens is 323 g/mol. The number of nitrogens with one attached hydrogen (secondary N) is 2. The molecule has 2 N–H and O–H groups in total. The van der Waals surface area contributed by atoms with Gasteiger partial charge in [0.05, 0.1) is 12.3 Å². The maximum Gasteiger partial charge on any atom is 0.240 e. The van der Waals surface area contributed by atoms with Gasteiger partial charge in [0.15, 0.2) is 0 Å². The Bertz CT molecular complexity index is 786. The summed E-state index contributed by atoms with van der Waals surface area (Å²) in [5, 5.41) is 5.26. The third kappa shape index (κ3) is 3.63. The second-order valence-electron chi connectivity index (χ2n) is 5.93. The fraction of sp³-hybridized carbons (Fsp3) is 0.263. The minimum Gasteiger partial charge on any atom is -0.494 e. The molecule has 1 fully saturated rings. The van der Waals surface area contributed by atoms with Gasteiger partial charge in [-0.3, -0.25) is 9.59 Å². The molecular formula is C19H19FN2O3. The van der Waals surface area contributed by atoms with E-state index in [1.807, 2.05) is 6.92 Å². The largest absolute Gasteiger partial charge is 0.494 e. The first-order valence-corrected chi connectivity index (χ1v) is 8.15. The number of rotatable bonds is 6. The van der Waals surface area contributed by atoms with Gasteiger partial charge in [-0.15, -0.1) is 0 Å². The molecule has 0 radical (unpaired) electrons. The van der Waals surface area contributed by atoms with E-state index < -0.39 is 17.1 Å². The number of halogens is 1. The lowest BCUT2D eigenvalue weighted by Gasteiger charge is -2.16. The van der Waals surface area contributed by atoms with E-state index in [0.29, 0.717) is 30.9 Å². The Morgan fingerprint density at radius 2 is 1.68 bits per heavy atom. The molecule has 1 saturated carbocycles. The molecule has 3 rings (SSSR count). The Labute approximate surface area is 145 Å². The molecule has 0 spiro atoms. The molecule has 0 heterocycles. The molecule has 0 atom stereocenters. The molecule has 2 amide bonds. The first-order chi connectivity index (χ1) is 12.0. The van der Waals surface area contributed by atoms with Gasteiger partial charge in [-0.25, -0.2) is 4.39 Å². The summed E-state index contributed by atoms with van der Waals surface area (Å²) >= 11 is 0. The SMILES string of the molecule is CCOc1ccc(NC(=O)C2(C(=O)Nc3ccccc3F)CC2)cc1. The van der Waals surface area contributed by atoms with Gasteiger partial charge in [0.1, 0.15) is 17.0 Å². The Kier molecular flexibility index (Phi) is 4.70. The van der Waals surface area contributed by atoms with Crippen LogP contribution >= 0.6 is 0 Å². The molecule has 25 heavy (non-hydrogen) atoms. The predicted molar refractivity (Wildman–Crippen MR) is 92.9 cm³/mol. The van der Waals surface area contributed by atoms with Crippen LogP contribution in [0.1, 0.15) is 19.8 Å². The van der Waals surface area contributed by atoms with Crippen molar-refractivity contribution in [3.63, 3.8) is 0 Å². The fourth-order valence-electron chi connectivity index (χ4n) is 2.54. The van der Waals surface area contributed by atoms with Gasteiger partial charge in [0.25, 0.3) is 0 Å². The van der Waals surface area contributed by atoms with E-state index in [4.69, 9.17) is 4.74 Å². The van der Waals surface area contributed by atoms with Crippen LogP contribution in [0.4, 0.5) is 15.8 Å². The Balaban J connectivity index is 1.66. The lowest BCUT2D eigenvalue weighted by molar-refractivity contribution is -0.131.